The van der Waals surface area contributed by atoms with Crippen LogP contribution in [-0.4, -0.2) is 46.0 Å². The number of aliphatic hydroxyl groups is 1. The molecule has 0 atom stereocenters. The Labute approximate surface area is 92.4 Å². The molecule has 0 aliphatic carbocycles. The number of ether oxygens (including phenoxy) is 1. The number of aliphatic hydroxyl groups excluding tert-OH is 1. The van der Waals surface area contributed by atoms with Gasteiger partial charge in [0, 0.05) is 19.3 Å². The van der Waals surface area contributed by atoms with Gasteiger partial charge < -0.3 is 20.9 Å². The maximum Gasteiger partial charge on any atom is 0.404 e. The van der Waals surface area contributed by atoms with E-state index in [-0.39, 0.29) is 13.2 Å². The number of nitrogens with two attached hydrogens (primary N) is 1. The van der Waals surface area contributed by atoms with Crippen LogP contribution >= 0.6 is 0 Å². The smallest absolute Gasteiger partial charge is 0.404 e. The van der Waals surface area contributed by atoms with Crippen molar-refractivity contribution in [2.24, 2.45) is 5.73 Å². The summed E-state index contributed by atoms with van der Waals surface area (Å²) in [6.07, 6.45) is 0.953. The molecule has 0 radical (unpaired) electrons. The molecular formula is C8H15N5O3. The summed E-state index contributed by atoms with van der Waals surface area (Å²) in [6, 6.07) is 0. The molecule has 4 N–H and O–H groups in total. The van der Waals surface area contributed by atoms with E-state index in [2.05, 4.69) is 20.4 Å². The van der Waals surface area contributed by atoms with Crippen LogP contribution < -0.4 is 11.1 Å². The average molecular weight is 229 g/mol. The maximum absolute atomic E-state index is 10.2. The van der Waals surface area contributed by atoms with E-state index in [1.54, 1.807) is 10.9 Å². The minimum Gasteiger partial charge on any atom is -0.448 e. The Bertz CT molecular complexity index is 327. The first kappa shape index (κ1) is 12.4. The van der Waals surface area contributed by atoms with Gasteiger partial charge in [-0.05, 0) is 0 Å². The van der Waals surface area contributed by atoms with Gasteiger partial charge in [0.15, 0.2) is 0 Å². The SMILES string of the molecule is NC(=O)OCCNCc1cn(CCO)nn1. The average Bonchev–Trinajstić information content (AvgIpc) is 2.65. The highest BCUT2D eigenvalue weighted by molar-refractivity contribution is 5.64. The fourth-order valence-corrected chi connectivity index (χ4v) is 1.07. The molecule has 8 nitrogen and oxygen atoms in total. The van der Waals surface area contributed by atoms with Gasteiger partial charge in [0.25, 0.3) is 0 Å². The van der Waals surface area contributed by atoms with Crippen LogP contribution in [0.4, 0.5) is 4.79 Å². The zero-order valence-electron chi connectivity index (χ0n) is 8.80. The molecule has 8 heteroatoms. The van der Waals surface area contributed by atoms with Gasteiger partial charge in [0.2, 0.25) is 0 Å². The molecule has 1 heterocycles. The second-order valence-electron chi connectivity index (χ2n) is 3.04. The molecule has 0 spiro atoms. The van der Waals surface area contributed by atoms with Gasteiger partial charge in [-0.25, -0.2) is 9.48 Å². The molecule has 0 fully saturated rings. The van der Waals surface area contributed by atoms with Crippen molar-refractivity contribution in [2.75, 3.05) is 19.8 Å². The number of hydrogen-bond donors (Lipinski definition) is 3. The van der Waals surface area contributed by atoms with Gasteiger partial charge in [-0.3, -0.25) is 0 Å². The van der Waals surface area contributed by atoms with Gasteiger partial charge in [-0.1, -0.05) is 5.21 Å². The molecule has 90 valence electrons. The van der Waals surface area contributed by atoms with Crippen LogP contribution in [0.2, 0.25) is 0 Å². The zero-order chi connectivity index (χ0) is 11.8. The highest BCUT2D eigenvalue weighted by Gasteiger charge is 1.99. The minimum atomic E-state index is -0.782. The van der Waals surface area contributed by atoms with Crippen LogP contribution in [0.15, 0.2) is 6.20 Å². The third-order valence-corrected chi connectivity index (χ3v) is 1.74. The molecule has 0 unspecified atom stereocenters. The largest absolute Gasteiger partial charge is 0.448 e. The Hall–Kier alpha value is -1.67. The van der Waals surface area contributed by atoms with Crippen LogP contribution in [0.25, 0.3) is 0 Å². The lowest BCUT2D eigenvalue weighted by molar-refractivity contribution is 0.157. The predicted molar refractivity (Wildman–Crippen MR) is 54.3 cm³/mol. The molecule has 1 rings (SSSR count). The van der Waals surface area contributed by atoms with Crippen LogP contribution in [-0.2, 0) is 17.8 Å². The van der Waals surface area contributed by atoms with Crippen LogP contribution in [0.1, 0.15) is 5.69 Å². The monoisotopic (exact) mass is 229 g/mol. The second kappa shape index (κ2) is 6.75. The summed E-state index contributed by atoms with van der Waals surface area (Å²) in [7, 11) is 0. The highest BCUT2D eigenvalue weighted by atomic mass is 16.5. The fourth-order valence-electron chi connectivity index (χ4n) is 1.07. The summed E-state index contributed by atoms with van der Waals surface area (Å²) >= 11 is 0. The first-order valence-electron chi connectivity index (χ1n) is 4.85. The molecular weight excluding hydrogens is 214 g/mol. The van der Waals surface area contributed by atoms with Gasteiger partial charge in [-0.15, -0.1) is 5.10 Å². The summed E-state index contributed by atoms with van der Waals surface area (Å²) in [6.45, 7) is 1.70. The Balaban J connectivity index is 2.14. The number of aromatic nitrogens is 3. The van der Waals surface area contributed by atoms with Crippen molar-refractivity contribution < 1.29 is 14.6 Å². The summed E-state index contributed by atoms with van der Waals surface area (Å²) in [5, 5.41) is 19.3. The van der Waals surface area contributed by atoms with Crippen LogP contribution in [0.5, 0.6) is 0 Å². The van der Waals surface area contributed by atoms with E-state index in [4.69, 9.17) is 10.8 Å². The molecule has 1 aromatic heterocycles. The summed E-state index contributed by atoms with van der Waals surface area (Å²) < 4.78 is 6.08. The third-order valence-electron chi connectivity index (χ3n) is 1.74. The molecule has 1 aromatic rings. The Kier molecular flexibility index (Phi) is 5.23. The third kappa shape index (κ3) is 4.71. The Morgan fingerprint density at radius 3 is 3.19 bits per heavy atom. The summed E-state index contributed by atoms with van der Waals surface area (Å²) in [5.41, 5.74) is 5.54. The zero-order valence-corrected chi connectivity index (χ0v) is 8.80. The summed E-state index contributed by atoms with van der Waals surface area (Å²) in [4.78, 5) is 10.2. The molecule has 0 aliphatic heterocycles. The number of carbonyl (C=O) groups excluding carboxylic acids is 1. The van der Waals surface area contributed by atoms with Crippen LogP contribution in [0.3, 0.4) is 0 Å². The quantitative estimate of drug-likeness (QED) is 0.488. The number of carbonyl (C=O) groups is 1. The number of nitrogens with one attached hydrogen (secondary N) is 1. The summed E-state index contributed by atoms with van der Waals surface area (Å²) in [5.74, 6) is 0. The Morgan fingerprint density at radius 1 is 1.69 bits per heavy atom. The van der Waals surface area contributed by atoms with Gasteiger partial charge >= 0.3 is 6.09 Å². The lowest BCUT2D eigenvalue weighted by atomic mass is 10.4. The minimum absolute atomic E-state index is 0.0304. The Morgan fingerprint density at radius 2 is 2.50 bits per heavy atom. The van der Waals surface area contributed by atoms with Crippen molar-refractivity contribution in [3.63, 3.8) is 0 Å². The molecule has 16 heavy (non-hydrogen) atoms. The number of amides is 1. The lowest BCUT2D eigenvalue weighted by Gasteiger charge is -2.01. The molecule has 1 amide bonds. The normalized spacial score (nSPS) is 10.3. The van der Waals surface area contributed by atoms with Gasteiger partial charge in [-0.2, -0.15) is 0 Å². The number of rotatable bonds is 7. The molecule has 0 saturated carbocycles. The molecule has 0 saturated heterocycles. The first-order chi connectivity index (χ1) is 7.72. The molecule has 0 aromatic carbocycles. The lowest BCUT2D eigenvalue weighted by Crippen LogP contribution is -2.23. The van der Waals surface area contributed by atoms with E-state index in [9.17, 15) is 4.79 Å². The van der Waals surface area contributed by atoms with Gasteiger partial charge in [0.1, 0.15) is 6.61 Å². The van der Waals surface area contributed by atoms with E-state index in [1.807, 2.05) is 0 Å². The number of hydrogen-bond acceptors (Lipinski definition) is 6. The van der Waals surface area contributed by atoms with Crippen molar-refractivity contribution in [3.05, 3.63) is 11.9 Å². The van der Waals surface area contributed by atoms with Crippen molar-refractivity contribution in [2.45, 2.75) is 13.1 Å². The predicted octanol–water partition coefficient (Wildman–Crippen LogP) is -1.54. The number of nitrogens with zero attached hydrogens (tertiary/aromatic N) is 3. The van der Waals surface area contributed by atoms with Crippen molar-refractivity contribution in [1.82, 2.24) is 20.3 Å². The van der Waals surface area contributed by atoms with Crippen molar-refractivity contribution in [1.29, 1.82) is 0 Å². The fraction of sp³-hybridized carbons (Fsp3) is 0.625. The van der Waals surface area contributed by atoms with E-state index in [1.165, 1.54) is 0 Å². The van der Waals surface area contributed by atoms with E-state index in [0.717, 1.165) is 5.69 Å². The van der Waals surface area contributed by atoms with Crippen molar-refractivity contribution in [3.8, 4) is 0 Å². The second-order valence-corrected chi connectivity index (χ2v) is 3.04. The standard InChI is InChI=1S/C8H15N5O3/c9-8(15)16-4-1-10-5-7-6-13(2-3-14)12-11-7/h6,10,14H,1-5H2,(H2,9,15). The number of primary amides is 1. The van der Waals surface area contributed by atoms with E-state index in [0.29, 0.717) is 19.6 Å². The first-order valence-corrected chi connectivity index (χ1v) is 4.85. The highest BCUT2D eigenvalue weighted by Crippen LogP contribution is 1.91. The van der Waals surface area contributed by atoms with Gasteiger partial charge in [0.05, 0.1) is 18.8 Å². The van der Waals surface area contributed by atoms with E-state index < -0.39 is 6.09 Å². The molecule has 0 bridgehead atoms. The van der Waals surface area contributed by atoms with E-state index >= 15 is 0 Å². The van der Waals surface area contributed by atoms with Crippen LogP contribution in [0, 0.1) is 0 Å². The van der Waals surface area contributed by atoms with Crippen molar-refractivity contribution >= 4 is 6.09 Å². The maximum atomic E-state index is 10.2. The molecule has 0 aliphatic rings. The topological polar surface area (TPSA) is 115 Å².